The van der Waals surface area contributed by atoms with Crippen molar-refractivity contribution < 1.29 is 4.42 Å². The van der Waals surface area contributed by atoms with Gasteiger partial charge in [-0.05, 0) is 120 Å². The number of furan rings is 1. The van der Waals surface area contributed by atoms with Crippen LogP contribution < -0.4 is 4.90 Å². The van der Waals surface area contributed by atoms with Crippen molar-refractivity contribution in [2.24, 2.45) is 0 Å². The summed E-state index contributed by atoms with van der Waals surface area (Å²) in [4.78, 5) is 2.39. The Labute approximate surface area is 360 Å². The Morgan fingerprint density at radius 3 is 1.56 bits per heavy atom. The molecule has 0 aliphatic heterocycles. The Hall–Kier alpha value is -8.20. The van der Waals surface area contributed by atoms with Crippen LogP contribution in [0.1, 0.15) is 0 Å². The van der Waals surface area contributed by atoms with Crippen LogP contribution in [0.15, 0.2) is 241 Å². The molecule has 0 aliphatic carbocycles. The van der Waals surface area contributed by atoms with E-state index < -0.39 is 0 Å². The second-order valence-corrected chi connectivity index (χ2v) is 16.1. The molecule has 0 saturated heterocycles. The van der Waals surface area contributed by atoms with Crippen LogP contribution in [-0.4, -0.2) is 0 Å². The number of nitrogens with zero attached hydrogens (tertiary/aromatic N) is 1. The second-order valence-electron chi connectivity index (χ2n) is 16.1. The first kappa shape index (κ1) is 35.7. The third-order valence-corrected chi connectivity index (χ3v) is 12.4. The minimum absolute atomic E-state index is 0.886. The molecule has 0 saturated carbocycles. The molecule has 0 N–H and O–H groups in total. The predicted molar refractivity (Wildman–Crippen MR) is 263 cm³/mol. The highest BCUT2D eigenvalue weighted by Gasteiger charge is 2.21. The zero-order valence-corrected chi connectivity index (χ0v) is 33.9. The molecule has 11 aromatic carbocycles. The van der Waals surface area contributed by atoms with Gasteiger partial charge in [0.25, 0.3) is 0 Å². The lowest BCUT2D eigenvalue weighted by Crippen LogP contribution is -2.11. The van der Waals surface area contributed by atoms with Crippen LogP contribution in [0.3, 0.4) is 0 Å². The van der Waals surface area contributed by atoms with Crippen molar-refractivity contribution >= 4 is 71.3 Å². The van der Waals surface area contributed by atoms with Crippen molar-refractivity contribution in [3.8, 4) is 44.5 Å². The van der Waals surface area contributed by atoms with E-state index in [1.165, 1.54) is 60.1 Å². The van der Waals surface area contributed by atoms with E-state index in [2.05, 4.69) is 241 Å². The first-order chi connectivity index (χ1) is 30.7. The molecule has 0 aliphatic rings. The lowest BCUT2D eigenvalue weighted by atomic mass is 9.93. The summed E-state index contributed by atoms with van der Waals surface area (Å²) in [5.41, 5.74) is 14.3. The Bertz CT molecular complexity index is 3620. The van der Waals surface area contributed by atoms with Crippen molar-refractivity contribution in [3.05, 3.63) is 237 Å². The van der Waals surface area contributed by atoms with Crippen molar-refractivity contribution in [2.75, 3.05) is 4.90 Å². The normalized spacial score (nSPS) is 11.5. The molecule has 12 aromatic rings. The van der Waals surface area contributed by atoms with Gasteiger partial charge in [0.05, 0.1) is 5.69 Å². The summed E-state index contributed by atoms with van der Waals surface area (Å²) < 4.78 is 6.81. The number of anilines is 3. The van der Waals surface area contributed by atoms with Crippen LogP contribution in [-0.2, 0) is 0 Å². The van der Waals surface area contributed by atoms with Gasteiger partial charge in [-0.2, -0.15) is 0 Å². The first-order valence-corrected chi connectivity index (χ1v) is 21.2. The van der Waals surface area contributed by atoms with Crippen LogP contribution >= 0.6 is 0 Å². The molecule has 1 aromatic heterocycles. The average Bonchev–Trinajstić information content (AvgIpc) is 3.71. The van der Waals surface area contributed by atoms with Crippen LogP contribution in [0.2, 0.25) is 0 Å². The molecule has 0 fully saturated rings. The third-order valence-electron chi connectivity index (χ3n) is 12.4. The van der Waals surface area contributed by atoms with E-state index in [4.69, 9.17) is 4.42 Å². The number of para-hydroxylation sites is 2. The second kappa shape index (κ2) is 14.8. The average molecular weight is 790 g/mol. The number of rotatable bonds is 7. The molecule has 0 atom stereocenters. The topological polar surface area (TPSA) is 16.4 Å². The van der Waals surface area contributed by atoms with Gasteiger partial charge in [0.2, 0.25) is 0 Å². The highest BCUT2D eigenvalue weighted by atomic mass is 16.3. The molecule has 0 amide bonds. The molecule has 0 spiro atoms. The number of hydrogen-bond donors (Lipinski definition) is 0. The van der Waals surface area contributed by atoms with Gasteiger partial charge < -0.3 is 9.32 Å². The molecule has 290 valence electrons. The van der Waals surface area contributed by atoms with Gasteiger partial charge >= 0.3 is 0 Å². The van der Waals surface area contributed by atoms with Gasteiger partial charge in [-0.25, -0.2) is 0 Å². The quantitative estimate of drug-likeness (QED) is 0.150. The Morgan fingerprint density at radius 2 is 0.806 bits per heavy atom. The van der Waals surface area contributed by atoms with E-state index in [0.717, 1.165) is 55.7 Å². The molecular weight excluding hydrogens is 751 g/mol. The summed E-state index contributed by atoms with van der Waals surface area (Å²) in [6, 6.07) is 85.4. The number of benzene rings is 11. The standard InChI is InChI=1S/C60H39NO/c1-2-14-40(15-3-1)43-19-12-20-44(36-43)41-28-32-48(33-29-41)61(49-34-30-42(31-35-49)56-38-47-18-6-7-21-50(47)51-22-8-9-23-52(51)56)58-27-11-10-24-53(58)54-25-13-26-55-57-37-45-16-4-5-17-46(45)39-59(57)62-60(54)55/h1-39H. The smallest absolute Gasteiger partial charge is 0.143 e. The maximum atomic E-state index is 6.81. The fourth-order valence-electron chi connectivity index (χ4n) is 9.41. The van der Waals surface area contributed by atoms with Crippen molar-refractivity contribution in [2.45, 2.75) is 0 Å². The van der Waals surface area contributed by atoms with Gasteiger partial charge in [-0.3, -0.25) is 0 Å². The van der Waals surface area contributed by atoms with Crippen molar-refractivity contribution in [1.29, 1.82) is 0 Å². The lowest BCUT2D eigenvalue weighted by molar-refractivity contribution is 0.670. The fourth-order valence-corrected chi connectivity index (χ4v) is 9.41. The maximum absolute atomic E-state index is 6.81. The van der Waals surface area contributed by atoms with Crippen molar-refractivity contribution in [1.82, 2.24) is 0 Å². The first-order valence-electron chi connectivity index (χ1n) is 21.2. The fraction of sp³-hybridized carbons (Fsp3) is 0. The molecule has 2 nitrogen and oxygen atoms in total. The van der Waals surface area contributed by atoms with E-state index in [9.17, 15) is 0 Å². The van der Waals surface area contributed by atoms with Crippen molar-refractivity contribution in [3.63, 3.8) is 0 Å². The molecule has 1 heterocycles. The zero-order valence-electron chi connectivity index (χ0n) is 33.9. The molecule has 2 heteroatoms. The van der Waals surface area contributed by atoms with Gasteiger partial charge in [0.15, 0.2) is 0 Å². The number of fused-ring (bicyclic) bond motifs is 7. The van der Waals surface area contributed by atoms with E-state index in [1.807, 2.05) is 0 Å². The predicted octanol–water partition coefficient (Wildman–Crippen LogP) is 17.2. The van der Waals surface area contributed by atoms with E-state index >= 15 is 0 Å². The van der Waals surface area contributed by atoms with Gasteiger partial charge in [0, 0.05) is 33.3 Å². The Morgan fingerprint density at radius 1 is 0.274 bits per heavy atom. The van der Waals surface area contributed by atoms with E-state index in [0.29, 0.717) is 0 Å². The van der Waals surface area contributed by atoms with Crippen LogP contribution in [0.25, 0.3) is 98.8 Å². The van der Waals surface area contributed by atoms with Gasteiger partial charge in [-0.15, -0.1) is 0 Å². The minimum Gasteiger partial charge on any atom is -0.455 e. The van der Waals surface area contributed by atoms with Crippen LogP contribution in [0, 0.1) is 0 Å². The summed E-state index contributed by atoms with van der Waals surface area (Å²) >= 11 is 0. The van der Waals surface area contributed by atoms with Gasteiger partial charge in [-0.1, -0.05) is 182 Å². The molecule has 62 heavy (non-hydrogen) atoms. The molecule has 0 radical (unpaired) electrons. The summed E-state index contributed by atoms with van der Waals surface area (Å²) in [5.74, 6) is 0. The largest absolute Gasteiger partial charge is 0.455 e. The van der Waals surface area contributed by atoms with Crippen LogP contribution in [0.5, 0.6) is 0 Å². The SMILES string of the molecule is c1ccc(-c2cccc(-c3ccc(N(c4ccc(-c5cc6ccccc6c6ccccc56)cc4)c4ccccc4-c4cccc5c4oc4cc6ccccc6cc45)cc3)c2)cc1. The monoisotopic (exact) mass is 789 g/mol. The summed E-state index contributed by atoms with van der Waals surface area (Å²) in [6.07, 6.45) is 0. The molecule has 0 bridgehead atoms. The highest BCUT2D eigenvalue weighted by Crippen LogP contribution is 2.46. The minimum atomic E-state index is 0.886. The third kappa shape index (κ3) is 6.12. The lowest BCUT2D eigenvalue weighted by Gasteiger charge is -2.28. The summed E-state index contributed by atoms with van der Waals surface area (Å²) in [5, 5.41) is 9.63. The zero-order chi connectivity index (χ0) is 41.0. The van der Waals surface area contributed by atoms with E-state index in [-0.39, 0.29) is 0 Å². The summed E-state index contributed by atoms with van der Waals surface area (Å²) in [7, 11) is 0. The molecule has 12 rings (SSSR count). The molecular formula is C60H39NO. The maximum Gasteiger partial charge on any atom is 0.143 e. The highest BCUT2D eigenvalue weighted by molar-refractivity contribution is 6.15. The Balaban J connectivity index is 1.01. The number of hydrogen-bond acceptors (Lipinski definition) is 2. The summed E-state index contributed by atoms with van der Waals surface area (Å²) in [6.45, 7) is 0. The Kier molecular flexibility index (Phi) is 8.53. The molecule has 0 unspecified atom stereocenters. The van der Waals surface area contributed by atoms with Crippen LogP contribution in [0.4, 0.5) is 17.1 Å². The van der Waals surface area contributed by atoms with E-state index in [1.54, 1.807) is 0 Å². The van der Waals surface area contributed by atoms with Gasteiger partial charge in [0.1, 0.15) is 11.2 Å².